The van der Waals surface area contributed by atoms with Gasteiger partial charge in [0.15, 0.2) is 18.1 Å². The quantitative estimate of drug-likeness (QED) is 0.400. The van der Waals surface area contributed by atoms with E-state index in [4.69, 9.17) is 18.6 Å². The molecule has 4 rings (SSSR count). The van der Waals surface area contributed by atoms with Crippen molar-refractivity contribution in [3.8, 4) is 28.4 Å². The van der Waals surface area contributed by atoms with Gasteiger partial charge in [-0.1, -0.05) is 6.07 Å². The molecule has 1 saturated heterocycles. The summed E-state index contributed by atoms with van der Waals surface area (Å²) in [5.74, 6) is 1.33. The molecule has 172 valence electrons. The van der Waals surface area contributed by atoms with E-state index < -0.39 is 5.63 Å². The average molecular weight is 452 g/mol. The fourth-order valence-electron chi connectivity index (χ4n) is 3.70. The number of rotatable bonds is 7. The number of carbonyl (C=O) groups excluding carboxylic acids is 2. The Morgan fingerprint density at radius 1 is 1.00 bits per heavy atom. The van der Waals surface area contributed by atoms with E-state index in [0.717, 1.165) is 6.41 Å². The SMILES string of the molecule is COc1ccc(-c2cc3ccc(OCC(=O)N4CCN(C=O)CC4)cc3oc2=O)cc1OC. The van der Waals surface area contributed by atoms with Crippen LogP contribution >= 0.6 is 0 Å². The summed E-state index contributed by atoms with van der Waals surface area (Å²) in [5, 5.41) is 0.711. The van der Waals surface area contributed by atoms with Crippen LogP contribution in [0.4, 0.5) is 0 Å². The first-order chi connectivity index (χ1) is 16.0. The Morgan fingerprint density at radius 3 is 2.45 bits per heavy atom. The minimum Gasteiger partial charge on any atom is -0.493 e. The maximum Gasteiger partial charge on any atom is 0.344 e. The number of carbonyl (C=O) groups is 2. The zero-order valence-electron chi connectivity index (χ0n) is 18.4. The summed E-state index contributed by atoms with van der Waals surface area (Å²) in [5.41, 5.74) is 0.885. The summed E-state index contributed by atoms with van der Waals surface area (Å²) in [6.45, 7) is 1.84. The van der Waals surface area contributed by atoms with Crippen LogP contribution in [-0.4, -0.2) is 69.1 Å². The summed E-state index contributed by atoms with van der Waals surface area (Å²) >= 11 is 0. The molecule has 0 unspecified atom stereocenters. The van der Waals surface area contributed by atoms with E-state index in [1.807, 2.05) is 0 Å². The van der Waals surface area contributed by atoms with Crippen molar-refractivity contribution in [3.63, 3.8) is 0 Å². The highest BCUT2D eigenvalue weighted by atomic mass is 16.5. The summed E-state index contributed by atoms with van der Waals surface area (Å²) in [6.07, 6.45) is 0.789. The van der Waals surface area contributed by atoms with Crippen LogP contribution in [0.25, 0.3) is 22.1 Å². The van der Waals surface area contributed by atoms with Crippen LogP contribution in [0.2, 0.25) is 0 Å². The largest absolute Gasteiger partial charge is 0.493 e. The Kier molecular flexibility index (Phi) is 6.48. The number of hydrogen-bond donors (Lipinski definition) is 0. The lowest BCUT2D eigenvalue weighted by atomic mass is 10.1. The zero-order chi connectivity index (χ0) is 23.4. The van der Waals surface area contributed by atoms with Gasteiger partial charge < -0.3 is 28.4 Å². The van der Waals surface area contributed by atoms with Crippen molar-refractivity contribution in [3.05, 3.63) is 52.9 Å². The van der Waals surface area contributed by atoms with Gasteiger partial charge in [-0.05, 0) is 35.9 Å². The van der Waals surface area contributed by atoms with Gasteiger partial charge in [-0.2, -0.15) is 0 Å². The van der Waals surface area contributed by atoms with Crippen molar-refractivity contribution in [1.82, 2.24) is 9.80 Å². The molecular formula is C24H24N2O7. The van der Waals surface area contributed by atoms with Crippen LogP contribution in [0, 0.1) is 0 Å². The molecule has 1 aromatic heterocycles. The Balaban J connectivity index is 1.49. The van der Waals surface area contributed by atoms with Gasteiger partial charge in [0.1, 0.15) is 11.3 Å². The lowest BCUT2D eigenvalue weighted by Gasteiger charge is -2.32. The molecule has 9 heteroatoms. The first kappa shape index (κ1) is 22.2. The average Bonchev–Trinajstić information content (AvgIpc) is 2.86. The number of nitrogens with zero attached hydrogens (tertiary/aromatic N) is 2. The zero-order valence-corrected chi connectivity index (χ0v) is 18.4. The van der Waals surface area contributed by atoms with Crippen LogP contribution < -0.4 is 19.8 Å². The Labute approximate surface area is 190 Å². The fraction of sp³-hybridized carbons (Fsp3) is 0.292. The molecule has 1 aliphatic rings. The van der Waals surface area contributed by atoms with Crippen molar-refractivity contribution in [2.45, 2.75) is 0 Å². The van der Waals surface area contributed by atoms with Crippen LogP contribution in [0.1, 0.15) is 0 Å². The molecule has 0 N–H and O–H groups in total. The molecule has 3 aromatic rings. The molecule has 2 heterocycles. The minimum atomic E-state index is -0.504. The number of fused-ring (bicyclic) bond motifs is 1. The van der Waals surface area contributed by atoms with Gasteiger partial charge in [-0.3, -0.25) is 9.59 Å². The minimum absolute atomic E-state index is 0.138. The van der Waals surface area contributed by atoms with Crippen molar-refractivity contribution < 1.29 is 28.2 Å². The van der Waals surface area contributed by atoms with Gasteiger partial charge >= 0.3 is 5.63 Å². The van der Waals surface area contributed by atoms with Crippen molar-refractivity contribution in [2.24, 2.45) is 0 Å². The molecule has 9 nitrogen and oxygen atoms in total. The lowest BCUT2D eigenvalue weighted by Crippen LogP contribution is -2.49. The molecule has 0 radical (unpaired) electrons. The van der Waals surface area contributed by atoms with Crippen LogP contribution in [-0.2, 0) is 9.59 Å². The predicted octanol–water partition coefficient (Wildman–Crippen LogP) is 2.16. The number of ether oxygens (including phenoxy) is 3. The molecule has 0 atom stereocenters. The third-order valence-corrected chi connectivity index (χ3v) is 5.58. The normalized spacial score (nSPS) is 13.6. The van der Waals surface area contributed by atoms with Gasteiger partial charge in [0, 0.05) is 37.6 Å². The standard InChI is InChI=1S/C24H24N2O7/c1-30-20-6-4-16(12-22(20)31-2)19-11-17-3-5-18(13-21(17)33-24(19)29)32-14-23(28)26-9-7-25(15-27)8-10-26/h3-6,11-13,15H,7-10,14H2,1-2H3. The third kappa shape index (κ3) is 4.77. The van der Waals surface area contributed by atoms with Gasteiger partial charge in [0.2, 0.25) is 6.41 Å². The van der Waals surface area contributed by atoms with Crippen molar-refractivity contribution in [2.75, 3.05) is 47.0 Å². The Hall–Kier alpha value is -4.01. The highest BCUT2D eigenvalue weighted by Crippen LogP contribution is 2.32. The van der Waals surface area contributed by atoms with E-state index in [-0.39, 0.29) is 12.5 Å². The maximum atomic E-state index is 12.7. The number of methoxy groups -OCH3 is 2. The molecule has 0 aliphatic carbocycles. The van der Waals surface area contributed by atoms with E-state index in [1.54, 1.807) is 59.4 Å². The van der Waals surface area contributed by atoms with Crippen LogP contribution in [0.3, 0.4) is 0 Å². The number of hydrogen-bond acceptors (Lipinski definition) is 7. The van der Waals surface area contributed by atoms with Crippen molar-refractivity contribution in [1.29, 1.82) is 0 Å². The predicted molar refractivity (Wildman–Crippen MR) is 121 cm³/mol. The van der Waals surface area contributed by atoms with E-state index in [1.165, 1.54) is 7.11 Å². The second-order valence-corrected chi connectivity index (χ2v) is 7.53. The van der Waals surface area contributed by atoms with Crippen molar-refractivity contribution >= 4 is 23.3 Å². The highest BCUT2D eigenvalue weighted by Gasteiger charge is 2.20. The summed E-state index contributed by atoms with van der Waals surface area (Å²) in [7, 11) is 3.07. The maximum absolute atomic E-state index is 12.7. The summed E-state index contributed by atoms with van der Waals surface area (Å²) in [6, 6.07) is 12.0. The lowest BCUT2D eigenvalue weighted by molar-refractivity contribution is -0.137. The van der Waals surface area contributed by atoms with E-state index >= 15 is 0 Å². The number of amides is 2. The molecule has 1 aliphatic heterocycles. The molecule has 1 fully saturated rings. The van der Waals surface area contributed by atoms with Gasteiger partial charge in [0.25, 0.3) is 5.91 Å². The van der Waals surface area contributed by atoms with E-state index in [0.29, 0.717) is 65.5 Å². The fourth-order valence-corrected chi connectivity index (χ4v) is 3.70. The first-order valence-corrected chi connectivity index (χ1v) is 10.4. The second kappa shape index (κ2) is 9.64. The molecule has 33 heavy (non-hydrogen) atoms. The molecular weight excluding hydrogens is 428 g/mol. The summed E-state index contributed by atoms with van der Waals surface area (Å²) < 4.78 is 21.7. The molecule has 2 aromatic carbocycles. The van der Waals surface area contributed by atoms with Crippen LogP contribution in [0.5, 0.6) is 17.2 Å². The topological polar surface area (TPSA) is 98.5 Å². The van der Waals surface area contributed by atoms with Gasteiger partial charge in [0.05, 0.1) is 19.8 Å². The Bertz CT molecular complexity index is 1230. The summed E-state index contributed by atoms with van der Waals surface area (Å²) in [4.78, 5) is 39.1. The molecule has 0 spiro atoms. The first-order valence-electron chi connectivity index (χ1n) is 10.4. The van der Waals surface area contributed by atoms with E-state index in [9.17, 15) is 14.4 Å². The molecule has 0 bridgehead atoms. The molecule has 0 saturated carbocycles. The Morgan fingerprint density at radius 2 is 1.76 bits per heavy atom. The van der Waals surface area contributed by atoms with Crippen LogP contribution in [0.15, 0.2) is 51.7 Å². The van der Waals surface area contributed by atoms with E-state index in [2.05, 4.69) is 0 Å². The van der Waals surface area contributed by atoms with Gasteiger partial charge in [-0.15, -0.1) is 0 Å². The highest BCUT2D eigenvalue weighted by molar-refractivity contribution is 5.83. The monoisotopic (exact) mass is 452 g/mol. The smallest absolute Gasteiger partial charge is 0.344 e. The second-order valence-electron chi connectivity index (χ2n) is 7.53. The number of piperazine rings is 1. The molecule has 2 amide bonds. The third-order valence-electron chi connectivity index (χ3n) is 5.58. The van der Waals surface area contributed by atoms with Gasteiger partial charge in [-0.25, -0.2) is 4.79 Å². The number of benzene rings is 2.